The molecule has 46 heavy (non-hydrogen) atoms. The predicted molar refractivity (Wildman–Crippen MR) is 189 cm³/mol. The molecular formula is C35H42ClO7PS2. The van der Waals surface area contributed by atoms with E-state index in [4.69, 9.17) is 34.9 Å². The van der Waals surface area contributed by atoms with E-state index in [1.807, 2.05) is 50.2 Å². The van der Waals surface area contributed by atoms with Gasteiger partial charge < -0.3 is 23.3 Å². The Labute approximate surface area is 286 Å². The maximum Gasteiger partial charge on any atom is 0.378 e. The lowest BCUT2D eigenvalue weighted by Gasteiger charge is -2.29. The molecule has 11 heteroatoms. The molecule has 2 atom stereocenters. The summed E-state index contributed by atoms with van der Waals surface area (Å²) >= 11 is 6.18. The number of carbonyl (C=O) groups excluding carboxylic acids is 2. The summed E-state index contributed by atoms with van der Waals surface area (Å²) in [6.07, 6.45) is 1.81. The number of hydrogen-bond acceptors (Lipinski definition) is 9. The predicted octanol–water partition coefficient (Wildman–Crippen LogP) is 10.6. The molecular weight excluding hydrogens is 663 g/mol. The van der Waals surface area contributed by atoms with Crippen molar-refractivity contribution in [2.75, 3.05) is 25.3 Å². The summed E-state index contributed by atoms with van der Waals surface area (Å²) in [5, 5.41) is 0.294. The Morgan fingerprint density at radius 1 is 1.04 bits per heavy atom. The maximum atomic E-state index is 12.5. The van der Waals surface area contributed by atoms with E-state index in [1.54, 1.807) is 0 Å². The zero-order valence-electron chi connectivity index (χ0n) is 27.2. The van der Waals surface area contributed by atoms with Crippen molar-refractivity contribution in [2.24, 2.45) is 5.92 Å². The van der Waals surface area contributed by atoms with Gasteiger partial charge in [-0.1, -0.05) is 74.4 Å². The number of carbonyl (C=O) groups is 2. The Hall–Kier alpha value is -2.26. The summed E-state index contributed by atoms with van der Waals surface area (Å²) < 4.78 is 29.1. The quantitative estimate of drug-likeness (QED) is 0.0747. The van der Waals surface area contributed by atoms with Crippen LogP contribution in [0.25, 0.3) is 0 Å². The van der Waals surface area contributed by atoms with E-state index in [0.717, 1.165) is 68.0 Å². The van der Waals surface area contributed by atoms with Crippen LogP contribution in [0.4, 0.5) is 4.79 Å². The Kier molecular flexibility index (Phi) is 14.1. The van der Waals surface area contributed by atoms with Crippen LogP contribution in [-0.2, 0) is 25.0 Å². The van der Waals surface area contributed by atoms with Gasteiger partial charge in [-0.05, 0) is 95.8 Å². The normalized spacial score (nSPS) is 16.5. The van der Waals surface area contributed by atoms with E-state index >= 15 is 0 Å². The monoisotopic (exact) mass is 704 g/mol. The van der Waals surface area contributed by atoms with Gasteiger partial charge in [0, 0.05) is 22.2 Å². The lowest BCUT2D eigenvalue weighted by atomic mass is 9.93. The van der Waals surface area contributed by atoms with Gasteiger partial charge >= 0.3 is 11.3 Å². The first-order valence-corrected chi connectivity index (χ1v) is 19.4. The molecule has 0 aliphatic carbocycles. The van der Waals surface area contributed by atoms with E-state index in [1.165, 1.54) is 5.56 Å². The highest BCUT2D eigenvalue weighted by molar-refractivity contribution is 8.82. The summed E-state index contributed by atoms with van der Waals surface area (Å²) in [7, 11) is 0.840. The smallest absolute Gasteiger partial charge is 0.378 e. The third kappa shape index (κ3) is 11.2. The zero-order valence-corrected chi connectivity index (χ0v) is 30.5. The highest BCUT2D eigenvalue weighted by Gasteiger charge is 2.26. The molecule has 1 heterocycles. The lowest BCUT2D eigenvalue weighted by molar-refractivity contribution is -0.131. The first kappa shape index (κ1) is 36.6. The second-order valence-electron chi connectivity index (χ2n) is 11.9. The van der Waals surface area contributed by atoms with Crippen molar-refractivity contribution in [2.45, 2.75) is 66.4 Å². The minimum absolute atomic E-state index is 0.0379. The van der Waals surface area contributed by atoms with Gasteiger partial charge in [0.2, 0.25) is 8.38 Å². The van der Waals surface area contributed by atoms with E-state index in [0.29, 0.717) is 30.3 Å². The van der Waals surface area contributed by atoms with Crippen molar-refractivity contribution < 1.29 is 32.8 Å². The molecule has 3 aromatic carbocycles. The molecule has 1 aliphatic heterocycles. The summed E-state index contributed by atoms with van der Waals surface area (Å²) in [4.78, 5) is 24.3. The van der Waals surface area contributed by atoms with Crippen LogP contribution in [0.2, 0.25) is 5.02 Å². The topological polar surface area (TPSA) is 80.3 Å². The molecule has 2 unspecified atom stereocenters. The van der Waals surface area contributed by atoms with Crippen molar-refractivity contribution in [3.8, 4) is 11.5 Å². The Bertz CT molecular complexity index is 1480. The molecule has 3 aromatic rings. The summed E-state index contributed by atoms with van der Waals surface area (Å²) in [5.41, 5.74) is 6.63. The second kappa shape index (κ2) is 17.8. The average Bonchev–Trinajstić information content (AvgIpc) is 3.01. The maximum absolute atomic E-state index is 12.5. The number of rotatable bonds is 13. The molecule has 7 nitrogen and oxygen atoms in total. The summed E-state index contributed by atoms with van der Waals surface area (Å²) in [6, 6.07) is 17.9. The van der Waals surface area contributed by atoms with Gasteiger partial charge in [0.1, 0.15) is 17.3 Å². The van der Waals surface area contributed by atoms with Crippen LogP contribution in [0.15, 0.2) is 54.6 Å². The average molecular weight is 705 g/mol. The zero-order chi connectivity index (χ0) is 33.2. The number of benzene rings is 3. The van der Waals surface area contributed by atoms with E-state index in [9.17, 15) is 9.59 Å². The van der Waals surface area contributed by atoms with Gasteiger partial charge in [0.25, 0.3) is 0 Å². The Morgan fingerprint density at radius 3 is 2.50 bits per heavy atom. The van der Waals surface area contributed by atoms with Crippen LogP contribution in [-0.4, -0.2) is 36.6 Å². The number of esters is 1. The molecule has 1 fully saturated rings. The Balaban J connectivity index is 1.33. The van der Waals surface area contributed by atoms with Crippen LogP contribution >= 0.6 is 41.6 Å². The molecule has 0 aromatic heterocycles. The fraction of sp³-hybridized carbons (Fsp3) is 0.429. The largest absolute Gasteiger partial charge is 0.484 e. The minimum atomic E-state index is -1.19. The van der Waals surface area contributed by atoms with Gasteiger partial charge in [-0.25, -0.2) is 4.79 Å². The number of ether oxygens (including phenoxy) is 3. The molecule has 0 amide bonds. The molecule has 0 radical (unpaired) electrons. The van der Waals surface area contributed by atoms with Crippen molar-refractivity contribution >= 4 is 52.8 Å². The van der Waals surface area contributed by atoms with Crippen LogP contribution < -0.4 is 9.47 Å². The van der Waals surface area contributed by atoms with Crippen LogP contribution in [0.3, 0.4) is 0 Å². The summed E-state index contributed by atoms with van der Waals surface area (Å²) in [5.74, 6) is 1.37. The van der Waals surface area contributed by atoms with Gasteiger partial charge in [-0.2, -0.15) is 0 Å². The van der Waals surface area contributed by atoms with Crippen molar-refractivity contribution in [3.05, 3.63) is 93.0 Å². The highest BCUT2D eigenvalue weighted by Crippen LogP contribution is 2.49. The van der Waals surface area contributed by atoms with Crippen molar-refractivity contribution in [1.29, 1.82) is 0 Å². The van der Waals surface area contributed by atoms with Gasteiger partial charge in [0.05, 0.1) is 19.3 Å². The molecule has 0 spiro atoms. The molecule has 0 saturated carbocycles. The minimum Gasteiger partial charge on any atom is -0.484 e. The Morgan fingerprint density at radius 2 is 1.80 bits per heavy atom. The molecule has 1 saturated heterocycles. The van der Waals surface area contributed by atoms with E-state index in [2.05, 4.69) is 45.9 Å². The standard InChI is InChI=1S/C35H42ClO7PS2/c1-22(2)19-39-35(38)46-45-20-34(37)42-33-11-10-26(16-30(33)23(3)4)17-31-24(5)14-29(15-25(31)6)40-21-44-41-13-12-32(43-44)27-8-7-9-28(36)18-27/h7-11,14-16,18,22-23,32H,12-13,17,19-21H2,1-6H3. The van der Waals surface area contributed by atoms with Crippen LogP contribution in [0, 0.1) is 19.8 Å². The van der Waals surface area contributed by atoms with E-state index < -0.39 is 19.6 Å². The first-order chi connectivity index (χ1) is 22.0. The highest BCUT2D eigenvalue weighted by atomic mass is 35.5. The fourth-order valence-electron chi connectivity index (χ4n) is 4.92. The molecule has 0 bridgehead atoms. The summed E-state index contributed by atoms with van der Waals surface area (Å²) in [6.45, 7) is 13.3. The lowest BCUT2D eigenvalue weighted by Crippen LogP contribution is -2.14. The number of aryl methyl sites for hydroxylation is 2. The van der Waals surface area contributed by atoms with E-state index in [-0.39, 0.29) is 23.7 Å². The van der Waals surface area contributed by atoms with Gasteiger partial charge in [-0.3, -0.25) is 4.79 Å². The number of halogens is 1. The van der Waals surface area contributed by atoms with Gasteiger partial charge in [-0.15, -0.1) is 0 Å². The third-order valence-electron chi connectivity index (χ3n) is 7.23. The SMILES string of the molecule is Cc1cc(OCP2OCCC(c3cccc(Cl)c3)O2)cc(C)c1Cc1ccc(OC(=O)CSSC(=O)OCC(C)C)c(C(C)C)c1. The molecule has 1 aliphatic rings. The number of hydrogen-bond donors (Lipinski definition) is 0. The van der Waals surface area contributed by atoms with Crippen LogP contribution in [0.1, 0.15) is 79.5 Å². The molecule has 4 rings (SSSR count). The van der Waals surface area contributed by atoms with Crippen molar-refractivity contribution in [1.82, 2.24) is 0 Å². The first-order valence-electron chi connectivity index (χ1n) is 15.3. The van der Waals surface area contributed by atoms with Crippen LogP contribution in [0.5, 0.6) is 11.5 Å². The second-order valence-corrected chi connectivity index (χ2v) is 16.0. The molecule has 0 N–H and O–H groups in total. The third-order valence-corrected chi connectivity index (χ3v) is 10.6. The fourth-order valence-corrected chi connectivity index (χ4v) is 7.72. The molecule has 248 valence electrons. The van der Waals surface area contributed by atoms with Gasteiger partial charge in [0.15, 0.2) is 6.35 Å². The van der Waals surface area contributed by atoms with Crippen molar-refractivity contribution in [3.63, 3.8) is 0 Å².